The summed E-state index contributed by atoms with van der Waals surface area (Å²) in [5.74, 6) is 0.543. The lowest BCUT2D eigenvalue weighted by molar-refractivity contribution is -0.380. The van der Waals surface area contributed by atoms with E-state index in [0.717, 1.165) is 18.1 Å². The zero-order valence-corrected chi connectivity index (χ0v) is 19.1. The molecular weight excluding hydrogens is 467 g/mol. The molecule has 2 saturated heterocycles. The van der Waals surface area contributed by atoms with Crippen molar-refractivity contribution in [1.29, 1.82) is 0 Å². The van der Waals surface area contributed by atoms with Crippen LogP contribution in [0.25, 0.3) is 0 Å². The second-order valence-corrected chi connectivity index (χ2v) is 9.79. The van der Waals surface area contributed by atoms with Crippen LogP contribution in [0, 0.1) is 33.7 Å². The molecule has 1 saturated carbocycles. The first-order chi connectivity index (χ1) is 16.3. The van der Waals surface area contributed by atoms with Crippen LogP contribution in [0.15, 0.2) is 30.3 Å². The van der Waals surface area contributed by atoms with E-state index in [1.165, 1.54) is 41.4 Å². The van der Waals surface area contributed by atoms with E-state index in [1.54, 1.807) is 12.1 Å². The van der Waals surface area contributed by atoms with E-state index < -0.39 is 18.0 Å². The number of carbonyl (C=O) groups excluding carboxylic acids is 2. The van der Waals surface area contributed by atoms with Gasteiger partial charge >= 0.3 is 11.1 Å². The molecule has 2 amide bonds. The van der Waals surface area contributed by atoms with Gasteiger partial charge < -0.3 is 19.7 Å². The fraction of sp³-hybridized carbons (Fsp3) is 0.455. The third-order valence-corrected chi connectivity index (χ3v) is 7.65. The SMILES string of the molecule is CC(=O)NC[C@H]1CN(c2ccc(OCC3C4CN(c5ccc([N+](=O)[O-])s5)C[C@H]34)c(F)c2)C(=O)O1. The zero-order chi connectivity index (χ0) is 24.0. The molecule has 12 heteroatoms. The summed E-state index contributed by atoms with van der Waals surface area (Å²) in [6, 6.07) is 7.68. The zero-order valence-electron chi connectivity index (χ0n) is 18.3. The minimum Gasteiger partial charge on any atom is -0.490 e. The van der Waals surface area contributed by atoms with Crippen molar-refractivity contribution in [2.24, 2.45) is 17.8 Å². The Morgan fingerprint density at radius 1 is 1.29 bits per heavy atom. The Kier molecular flexibility index (Phi) is 5.76. The Hall–Kier alpha value is -3.41. The van der Waals surface area contributed by atoms with Crippen molar-refractivity contribution in [3.05, 3.63) is 46.3 Å². The molecule has 0 spiro atoms. The van der Waals surface area contributed by atoms with Crippen LogP contribution in [0.5, 0.6) is 5.75 Å². The summed E-state index contributed by atoms with van der Waals surface area (Å²) in [6.45, 7) is 3.82. The van der Waals surface area contributed by atoms with Crippen molar-refractivity contribution < 1.29 is 28.4 Å². The van der Waals surface area contributed by atoms with Gasteiger partial charge in [0.05, 0.1) is 35.3 Å². The first-order valence-electron chi connectivity index (χ1n) is 10.9. The molecule has 2 aliphatic heterocycles. The lowest BCUT2D eigenvalue weighted by atomic mass is 10.2. The Morgan fingerprint density at radius 3 is 2.71 bits per heavy atom. The molecule has 3 heterocycles. The number of nitrogens with zero attached hydrogens (tertiary/aromatic N) is 3. The summed E-state index contributed by atoms with van der Waals surface area (Å²) in [7, 11) is 0. The van der Waals surface area contributed by atoms with Gasteiger partial charge in [0.25, 0.3) is 0 Å². The topological polar surface area (TPSA) is 114 Å². The summed E-state index contributed by atoms with van der Waals surface area (Å²) < 4.78 is 25.6. The number of nitro groups is 1. The summed E-state index contributed by atoms with van der Waals surface area (Å²) in [5, 5.41) is 14.5. The maximum absolute atomic E-state index is 14.7. The Bertz CT molecular complexity index is 1130. The van der Waals surface area contributed by atoms with Crippen LogP contribution in [-0.2, 0) is 9.53 Å². The van der Waals surface area contributed by atoms with Crippen LogP contribution in [0.2, 0.25) is 0 Å². The third-order valence-electron chi connectivity index (χ3n) is 6.55. The highest BCUT2D eigenvalue weighted by Gasteiger charge is 2.56. The molecule has 0 radical (unpaired) electrons. The smallest absolute Gasteiger partial charge is 0.414 e. The molecule has 1 aliphatic carbocycles. The largest absolute Gasteiger partial charge is 0.490 e. The van der Waals surface area contributed by atoms with Crippen molar-refractivity contribution in [2.45, 2.75) is 13.0 Å². The number of hydrogen-bond donors (Lipinski definition) is 1. The lowest BCUT2D eigenvalue weighted by Gasteiger charge is -2.20. The van der Waals surface area contributed by atoms with Gasteiger partial charge in [0.15, 0.2) is 11.6 Å². The van der Waals surface area contributed by atoms with Crippen molar-refractivity contribution in [1.82, 2.24) is 5.32 Å². The summed E-state index contributed by atoms with van der Waals surface area (Å²) in [6.07, 6.45) is -1.08. The summed E-state index contributed by atoms with van der Waals surface area (Å²) in [5.41, 5.74) is 0.365. The quantitative estimate of drug-likeness (QED) is 0.447. The van der Waals surface area contributed by atoms with E-state index in [1.807, 2.05) is 0 Å². The molecule has 1 aromatic heterocycles. The molecule has 34 heavy (non-hydrogen) atoms. The highest BCUT2D eigenvalue weighted by molar-refractivity contribution is 7.19. The highest BCUT2D eigenvalue weighted by Crippen LogP contribution is 2.53. The molecule has 1 aromatic carbocycles. The van der Waals surface area contributed by atoms with Crippen LogP contribution >= 0.6 is 11.3 Å². The molecule has 3 aliphatic rings. The van der Waals surface area contributed by atoms with Gasteiger partial charge in [-0.25, -0.2) is 9.18 Å². The molecule has 1 N–H and O–H groups in total. The second kappa shape index (κ2) is 8.75. The number of rotatable bonds is 8. The summed E-state index contributed by atoms with van der Waals surface area (Å²) in [4.78, 5) is 37.2. The number of piperidine rings is 1. The molecule has 10 nitrogen and oxygen atoms in total. The molecule has 2 unspecified atom stereocenters. The number of thiophene rings is 1. The maximum atomic E-state index is 14.7. The van der Waals surface area contributed by atoms with Crippen LogP contribution < -0.4 is 19.9 Å². The van der Waals surface area contributed by atoms with Gasteiger partial charge in [-0.1, -0.05) is 0 Å². The van der Waals surface area contributed by atoms with Gasteiger partial charge in [-0.05, 0) is 41.4 Å². The van der Waals surface area contributed by atoms with Gasteiger partial charge in [0.1, 0.15) is 6.10 Å². The maximum Gasteiger partial charge on any atom is 0.414 e. The number of nitrogens with one attached hydrogen (secondary N) is 1. The third kappa shape index (κ3) is 4.37. The number of halogens is 1. The lowest BCUT2D eigenvalue weighted by Crippen LogP contribution is -2.33. The standard InChI is InChI=1S/C22H23FN4O6S/c1-12(28)24-7-14-8-26(22(29)33-14)13-2-3-19(18(23)6-13)32-11-17-15-9-25(10-16(15)17)20-4-5-21(34-20)27(30)31/h2-6,14-17H,7-11H2,1H3,(H,24,28)/t14-,15-,16?,17?/m0/s1. The first kappa shape index (κ1) is 22.4. The van der Waals surface area contributed by atoms with Crippen LogP contribution in [0.3, 0.4) is 0 Å². The van der Waals surface area contributed by atoms with E-state index in [2.05, 4.69) is 10.2 Å². The Balaban J connectivity index is 1.12. The minimum atomic E-state index is -0.588. The normalized spacial score (nSPS) is 25.2. The van der Waals surface area contributed by atoms with E-state index in [0.29, 0.717) is 30.0 Å². The van der Waals surface area contributed by atoms with Crippen molar-refractivity contribution in [2.75, 3.05) is 42.6 Å². The number of hydrogen-bond acceptors (Lipinski definition) is 8. The number of ether oxygens (including phenoxy) is 2. The van der Waals surface area contributed by atoms with Crippen LogP contribution in [0.4, 0.5) is 24.9 Å². The number of carbonyl (C=O) groups is 2. The molecule has 2 aromatic rings. The molecule has 0 bridgehead atoms. The van der Waals surface area contributed by atoms with E-state index >= 15 is 0 Å². The van der Waals surface area contributed by atoms with Gasteiger partial charge in [0.2, 0.25) is 5.91 Å². The second-order valence-electron chi connectivity index (χ2n) is 8.74. The fourth-order valence-corrected chi connectivity index (χ4v) is 5.56. The number of anilines is 2. The predicted octanol–water partition coefficient (Wildman–Crippen LogP) is 3.02. The van der Waals surface area contributed by atoms with Crippen molar-refractivity contribution in [3.8, 4) is 5.75 Å². The number of benzene rings is 1. The van der Waals surface area contributed by atoms with Gasteiger partial charge in [-0.15, -0.1) is 0 Å². The molecule has 5 rings (SSSR count). The Labute approximate surface area is 198 Å². The van der Waals surface area contributed by atoms with E-state index in [9.17, 15) is 24.1 Å². The van der Waals surface area contributed by atoms with E-state index in [4.69, 9.17) is 9.47 Å². The van der Waals surface area contributed by atoms with Gasteiger partial charge in [0, 0.05) is 38.1 Å². The number of amides is 2. The van der Waals surface area contributed by atoms with Crippen LogP contribution in [0.1, 0.15) is 6.92 Å². The van der Waals surface area contributed by atoms with E-state index in [-0.39, 0.29) is 34.7 Å². The number of cyclic esters (lactones) is 1. The number of fused-ring (bicyclic) bond motifs is 1. The summed E-state index contributed by atoms with van der Waals surface area (Å²) >= 11 is 1.18. The highest BCUT2D eigenvalue weighted by atomic mass is 32.1. The molecule has 3 fully saturated rings. The molecular formula is C22H23FN4O6S. The van der Waals surface area contributed by atoms with Crippen molar-refractivity contribution >= 4 is 39.0 Å². The monoisotopic (exact) mass is 490 g/mol. The average molecular weight is 491 g/mol. The molecule has 180 valence electrons. The average Bonchev–Trinajstić information content (AvgIpc) is 3.26. The van der Waals surface area contributed by atoms with Gasteiger partial charge in [-0.3, -0.25) is 19.8 Å². The minimum absolute atomic E-state index is 0.127. The van der Waals surface area contributed by atoms with Crippen molar-refractivity contribution in [3.63, 3.8) is 0 Å². The predicted molar refractivity (Wildman–Crippen MR) is 122 cm³/mol. The molecule has 4 atom stereocenters. The fourth-order valence-electron chi connectivity index (χ4n) is 4.72. The first-order valence-corrected chi connectivity index (χ1v) is 11.8. The van der Waals surface area contributed by atoms with Gasteiger partial charge in [-0.2, -0.15) is 0 Å². The van der Waals surface area contributed by atoms with Crippen LogP contribution in [-0.4, -0.2) is 55.8 Å². The Morgan fingerprint density at radius 2 is 2.06 bits per heavy atom.